The third kappa shape index (κ3) is 2.89. The molecule has 128 valence electrons. The van der Waals surface area contributed by atoms with E-state index in [-0.39, 0.29) is 29.5 Å². The molecule has 0 aromatic carbocycles. The predicted octanol–water partition coefficient (Wildman–Crippen LogP) is -0.814. The Labute approximate surface area is 146 Å². The van der Waals surface area contributed by atoms with Crippen LogP contribution in [0.25, 0.3) is 0 Å². The van der Waals surface area contributed by atoms with E-state index < -0.39 is 5.97 Å². The van der Waals surface area contributed by atoms with Crippen molar-refractivity contribution in [2.45, 2.75) is 23.6 Å². The molecule has 2 aliphatic rings. The molecule has 1 unspecified atom stereocenters. The van der Waals surface area contributed by atoms with Gasteiger partial charge in [0.25, 0.3) is 0 Å². The smallest absolute Gasteiger partial charge is 0.352 e. The number of anilines is 2. The van der Waals surface area contributed by atoms with Crippen LogP contribution in [0.4, 0.5) is 11.6 Å². The van der Waals surface area contributed by atoms with Crippen molar-refractivity contribution in [2.75, 3.05) is 23.0 Å². The van der Waals surface area contributed by atoms with Crippen molar-refractivity contribution in [1.29, 1.82) is 0 Å². The van der Waals surface area contributed by atoms with E-state index in [4.69, 9.17) is 17.2 Å². The molecule has 0 spiro atoms. The van der Waals surface area contributed by atoms with E-state index in [1.807, 2.05) is 0 Å². The summed E-state index contributed by atoms with van der Waals surface area (Å²) in [4.78, 5) is 28.9. The number of aromatic nitrogens is 2. The minimum Gasteiger partial charge on any atom is -0.477 e. The predicted molar refractivity (Wildman–Crippen MR) is 90.5 cm³/mol. The zero-order valence-corrected chi connectivity index (χ0v) is 14.3. The number of nitrogens with zero attached hydrogens (tertiary/aromatic N) is 3. The fourth-order valence-corrected chi connectivity index (χ4v) is 5.02. The fraction of sp³-hybridized carbons (Fsp3) is 0.385. The summed E-state index contributed by atoms with van der Waals surface area (Å²) in [6, 6.07) is 1.51. The molecule has 7 N–H and O–H groups in total. The highest BCUT2D eigenvalue weighted by Gasteiger charge is 2.45. The number of carbonyl (C=O) groups excluding carboxylic acids is 1. The lowest BCUT2D eigenvalue weighted by atomic mass is 10.1. The lowest BCUT2D eigenvalue weighted by Gasteiger charge is -2.43. The maximum Gasteiger partial charge on any atom is 0.352 e. The molecule has 2 aliphatic heterocycles. The van der Waals surface area contributed by atoms with E-state index in [1.165, 1.54) is 22.7 Å². The van der Waals surface area contributed by atoms with Gasteiger partial charge in [0.05, 0.1) is 17.9 Å². The van der Waals surface area contributed by atoms with Gasteiger partial charge in [0.15, 0.2) is 0 Å². The van der Waals surface area contributed by atoms with Crippen LogP contribution >= 0.6 is 23.5 Å². The van der Waals surface area contributed by atoms with Crippen molar-refractivity contribution < 1.29 is 19.3 Å². The Morgan fingerprint density at radius 1 is 1.54 bits per heavy atom. The summed E-state index contributed by atoms with van der Waals surface area (Å²) in [7, 11) is 0. The molecule has 11 heteroatoms. The lowest BCUT2D eigenvalue weighted by molar-refractivity contribution is -0.722. The molecule has 0 bridgehead atoms. The minimum absolute atomic E-state index is 0.0625. The molecule has 24 heavy (non-hydrogen) atoms. The molecular formula is C13H17N6O3S2+. The summed E-state index contributed by atoms with van der Waals surface area (Å²) in [5, 5.41) is 9.93. The van der Waals surface area contributed by atoms with Crippen molar-refractivity contribution in [3.63, 3.8) is 0 Å². The number of aliphatic carboxylic acids is 1. The number of hydrogen-bond donors (Lipinski definition) is 4. The Morgan fingerprint density at radius 2 is 2.29 bits per heavy atom. The lowest BCUT2D eigenvalue weighted by Crippen LogP contribution is -2.54. The van der Waals surface area contributed by atoms with Gasteiger partial charge >= 0.3 is 11.1 Å². The SMILES string of the molecule is NC[n+]1c(N)cc(N)nc1SCC1=C(C(=O)O)N2C(=O)CC2SC1. The van der Waals surface area contributed by atoms with E-state index >= 15 is 0 Å². The molecule has 1 amide bonds. The van der Waals surface area contributed by atoms with Crippen LogP contribution < -0.4 is 21.8 Å². The highest BCUT2D eigenvalue weighted by molar-refractivity contribution is 8.00. The molecule has 1 aromatic heterocycles. The Bertz CT molecular complexity index is 753. The zero-order chi connectivity index (χ0) is 17.4. The Balaban J connectivity index is 1.87. The van der Waals surface area contributed by atoms with E-state index in [9.17, 15) is 14.7 Å². The molecule has 3 heterocycles. The van der Waals surface area contributed by atoms with E-state index in [1.54, 1.807) is 16.3 Å². The first-order valence-electron chi connectivity index (χ1n) is 7.10. The zero-order valence-electron chi connectivity index (χ0n) is 12.6. The molecule has 0 saturated carbocycles. The number of β-lactam (4-membered cyclic amide) rings is 1. The van der Waals surface area contributed by atoms with Crippen molar-refractivity contribution in [3.05, 3.63) is 17.3 Å². The summed E-state index contributed by atoms with van der Waals surface area (Å²) in [6.45, 7) is 0.133. The molecular weight excluding hydrogens is 352 g/mol. The molecule has 1 fully saturated rings. The summed E-state index contributed by atoms with van der Waals surface area (Å²) in [5.74, 6) is 0.329. The molecule has 3 rings (SSSR count). The second kappa shape index (κ2) is 6.49. The number of nitrogens with two attached hydrogens (primary N) is 3. The van der Waals surface area contributed by atoms with Crippen LogP contribution in [0.3, 0.4) is 0 Å². The van der Waals surface area contributed by atoms with Gasteiger partial charge in [-0.2, -0.15) is 0 Å². The molecule has 0 aliphatic carbocycles. The number of carbonyl (C=O) groups is 2. The third-order valence-corrected chi connectivity index (χ3v) is 6.10. The maximum atomic E-state index is 11.7. The van der Waals surface area contributed by atoms with Crippen LogP contribution in [-0.2, 0) is 16.3 Å². The second-order valence-electron chi connectivity index (χ2n) is 5.28. The van der Waals surface area contributed by atoms with Gasteiger partial charge in [0.2, 0.25) is 17.5 Å². The van der Waals surface area contributed by atoms with Gasteiger partial charge in [-0.3, -0.25) is 9.69 Å². The van der Waals surface area contributed by atoms with Crippen LogP contribution in [0.1, 0.15) is 6.42 Å². The Kier molecular flexibility index (Phi) is 4.56. The Hall–Kier alpha value is -1.98. The maximum absolute atomic E-state index is 11.7. The first-order chi connectivity index (χ1) is 11.4. The summed E-state index contributed by atoms with van der Waals surface area (Å²) < 4.78 is 1.59. The molecule has 0 radical (unpaired) electrons. The van der Waals surface area contributed by atoms with Gasteiger partial charge in [-0.15, -0.1) is 11.8 Å². The summed E-state index contributed by atoms with van der Waals surface area (Å²) >= 11 is 2.86. The van der Waals surface area contributed by atoms with Gasteiger partial charge in [-0.25, -0.2) is 9.36 Å². The van der Waals surface area contributed by atoms with E-state index in [2.05, 4.69) is 4.98 Å². The van der Waals surface area contributed by atoms with Crippen molar-refractivity contribution in [3.8, 4) is 0 Å². The quantitative estimate of drug-likeness (QED) is 0.226. The number of thioether (sulfide) groups is 2. The van der Waals surface area contributed by atoms with E-state index in [0.29, 0.717) is 34.5 Å². The third-order valence-electron chi connectivity index (χ3n) is 3.76. The summed E-state index contributed by atoms with van der Waals surface area (Å²) in [5.41, 5.74) is 18.0. The normalized spacial score (nSPS) is 20.0. The number of nitrogen functional groups attached to an aromatic ring is 2. The van der Waals surface area contributed by atoms with Gasteiger partial charge in [0.1, 0.15) is 12.4 Å². The monoisotopic (exact) mass is 369 g/mol. The van der Waals surface area contributed by atoms with Crippen molar-refractivity contribution >= 4 is 47.0 Å². The van der Waals surface area contributed by atoms with Crippen LogP contribution in [0.2, 0.25) is 0 Å². The van der Waals surface area contributed by atoms with Crippen molar-refractivity contribution in [2.24, 2.45) is 5.73 Å². The first kappa shape index (κ1) is 16.9. The number of carboxylic acids is 1. The number of hydrogen-bond acceptors (Lipinski definition) is 8. The minimum atomic E-state index is -1.09. The molecule has 1 saturated heterocycles. The largest absolute Gasteiger partial charge is 0.477 e. The standard InChI is InChI=1S/C13H16N6O3S2/c14-5-18-8(16)1-7(15)17-13(18)24-4-6-3-23-10-2-9(20)19(10)11(6)12(21)22/h1,10H,2-5,14H2,(H4,15,16,21,22)/p+1. The van der Waals surface area contributed by atoms with Crippen LogP contribution in [0, 0.1) is 0 Å². The molecule has 9 nitrogen and oxygen atoms in total. The number of carboxylic acid groups (broad SMARTS) is 1. The first-order valence-corrected chi connectivity index (χ1v) is 9.13. The number of fused-ring (bicyclic) bond motifs is 1. The van der Waals surface area contributed by atoms with Crippen LogP contribution in [0.15, 0.2) is 22.5 Å². The topological polar surface area (TPSA) is 152 Å². The van der Waals surface area contributed by atoms with E-state index in [0.717, 1.165) is 0 Å². The summed E-state index contributed by atoms with van der Waals surface area (Å²) in [6.07, 6.45) is 0.391. The fourth-order valence-electron chi connectivity index (χ4n) is 2.58. The number of rotatable bonds is 5. The highest BCUT2D eigenvalue weighted by Crippen LogP contribution is 2.40. The number of amides is 1. The van der Waals surface area contributed by atoms with Crippen LogP contribution in [0.5, 0.6) is 0 Å². The second-order valence-corrected chi connectivity index (χ2v) is 7.39. The average molecular weight is 369 g/mol. The van der Waals surface area contributed by atoms with Gasteiger partial charge in [0, 0.05) is 11.5 Å². The highest BCUT2D eigenvalue weighted by atomic mass is 32.2. The van der Waals surface area contributed by atoms with Gasteiger partial charge in [-0.1, -0.05) is 4.98 Å². The molecule has 1 aromatic rings. The Morgan fingerprint density at radius 3 is 2.92 bits per heavy atom. The van der Waals surface area contributed by atoms with Crippen LogP contribution in [-0.4, -0.2) is 43.7 Å². The van der Waals surface area contributed by atoms with Gasteiger partial charge < -0.3 is 22.3 Å². The molecule has 1 atom stereocenters. The van der Waals surface area contributed by atoms with Crippen molar-refractivity contribution in [1.82, 2.24) is 9.88 Å². The average Bonchev–Trinajstić information content (AvgIpc) is 2.51. The van der Waals surface area contributed by atoms with Gasteiger partial charge in [-0.05, 0) is 17.3 Å².